The minimum absolute atomic E-state index is 0.0189. The molecular weight excluding hydrogens is 587 g/mol. The number of halogens is 10. The first-order valence-corrected chi connectivity index (χ1v) is 11.1. The van der Waals surface area contributed by atoms with Crippen LogP contribution in [0.2, 0.25) is 50.2 Å². The number of anilines is 1. The highest BCUT2D eigenvalue weighted by Gasteiger charge is 2.25. The van der Waals surface area contributed by atoms with Gasteiger partial charge in [0.15, 0.2) is 0 Å². The van der Waals surface area contributed by atoms with Crippen molar-refractivity contribution in [2.24, 2.45) is 0 Å². The first-order valence-electron chi connectivity index (χ1n) is 7.28. The van der Waals surface area contributed by atoms with Crippen LogP contribution in [0.3, 0.4) is 0 Å². The van der Waals surface area contributed by atoms with E-state index in [1.807, 2.05) is 0 Å². The quantitative estimate of drug-likeness (QED) is 0.238. The molecule has 0 aliphatic rings. The van der Waals surface area contributed by atoms with Gasteiger partial charge in [0.05, 0.1) is 61.6 Å². The van der Waals surface area contributed by atoms with Gasteiger partial charge in [0.2, 0.25) is 0 Å². The van der Waals surface area contributed by atoms with E-state index in [1.54, 1.807) is 6.07 Å². The van der Waals surface area contributed by atoms with E-state index in [-0.39, 0.29) is 67.2 Å². The second-order valence-corrected chi connectivity index (χ2v) is 9.33. The Morgan fingerprint density at radius 3 is 1.24 bits per heavy atom. The maximum Gasteiger partial charge on any atom is 0.0962 e. The summed E-state index contributed by atoms with van der Waals surface area (Å²) in [6, 6.07) is 1.54. The van der Waals surface area contributed by atoms with E-state index in [2.05, 4.69) is 4.98 Å². The smallest absolute Gasteiger partial charge is 0.0962 e. The monoisotopic (exact) mass is 586 g/mol. The van der Waals surface area contributed by atoms with Crippen molar-refractivity contribution in [1.82, 2.24) is 4.98 Å². The molecule has 2 nitrogen and oxygen atoms in total. The predicted octanol–water partition coefficient (Wildman–Crippen LogP) is 10.5. The van der Waals surface area contributed by atoms with E-state index >= 15 is 0 Å². The molecule has 29 heavy (non-hydrogen) atoms. The van der Waals surface area contributed by atoms with Crippen LogP contribution < -0.4 is 5.73 Å². The fraction of sp³-hybridized carbons (Fsp3) is 0. The molecule has 0 atom stereocenters. The lowest BCUT2D eigenvalue weighted by molar-refractivity contribution is 1.33. The molecule has 0 unspecified atom stereocenters. The van der Waals surface area contributed by atoms with Crippen molar-refractivity contribution in [2.45, 2.75) is 0 Å². The molecule has 12 heteroatoms. The predicted molar refractivity (Wildman–Crippen MR) is 130 cm³/mol. The summed E-state index contributed by atoms with van der Waals surface area (Å²) in [5, 5.41) is 0.460. The molecule has 0 radical (unpaired) electrons. The third-order valence-corrected chi connectivity index (χ3v) is 8.42. The van der Waals surface area contributed by atoms with Gasteiger partial charge in [-0.1, -0.05) is 116 Å². The van der Waals surface area contributed by atoms with E-state index in [4.69, 9.17) is 122 Å². The number of benzene rings is 2. The number of rotatable bonds is 2. The fourth-order valence-corrected chi connectivity index (χ4v) is 5.17. The Kier molecular flexibility index (Phi) is 7.46. The maximum atomic E-state index is 6.31. The van der Waals surface area contributed by atoms with Gasteiger partial charge in [-0.15, -0.1) is 0 Å². The number of nitrogens with two attached hydrogens (primary N) is 1. The van der Waals surface area contributed by atoms with Gasteiger partial charge in [0.25, 0.3) is 0 Å². The second kappa shape index (κ2) is 9.03. The van der Waals surface area contributed by atoms with Gasteiger partial charge in [-0.2, -0.15) is 0 Å². The Morgan fingerprint density at radius 2 is 0.862 bits per heavy atom. The molecule has 0 saturated heterocycles. The molecule has 0 fully saturated rings. The summed E-state index contributed by atoms with van der Waals surface area (Å²) in [5.41, 5.74) is 7.56. The Hall–Kier alpha value is 0.290. The van der Waals surface area contributed by atoms with Crippen molar-refractivity contribution < 1.29 is 0 Å². The highest BCUT2D eigenvalue weighted by atomic mass is 35.5. The molecular formula is C17H4Cl10N2. The van der Waals surface area contributed by atoms with Crippen LogP contribution in [0.4, 0.5) is 5.69 Å². The average molecular weight is 591 g/mol. The Balaban J connectivity index is 2.26. The molecule has 0 saturated carbocycles. The van der Waals surface area contributed by atoms with Crippen molar-refractivity contribution in [3.8, 4) is 22.4 Å². The van der Waals surface area contributed by atoms with Gasteiger partial charge >= 0.3 is 0 Å². The number of aromatic nitrogens is 1. The third-order valence-electron chi connectivity index (χ3n) is 3.86. The third kappa shape index (κ3) is 4.07. The summed E-state index contributed by atoms with van der Waals surface area (Å²) in [4.78, 5) is 4.33. The van der Waals surface area contributed by atoms with Crippen molar-refractivity contribution >= 4 is 122 Å². The molecule has 3 aromatic rings. The van der Waals surface area contributed by atoms with Crippen molar-refractivity contribution in [3.05, 3.63) is 62.5 Å². The summed E-state index contributed by atoms with van der Waals surface area (Å²) < 4.78 is 0. The average Bonchev–Trinajstić information content (AvgIpc) is 2.69. The van der Waals surface area contributed by atoms with Crippen LogP contribution in [0.5, 0.6) is 0 Å². The van der Waals surface area contributed by atoms with Crippen LogP contribution in [0.25, 0.3) is 22.4 Å². The molecule has 2 aromatic carbocycles. The molecule has 3 rings (SSSR count). The highest BCUT2D eigenvalue weighted by Crippen LogP contribution is 2.51. The minimum Gasteiger partial charge on any atom is -0.397 e. The van der Waals surface area contributed by atoms with E-state index < -0.39 is 0 Å². The summed E-state index contributed by atoms with van der Waals surface area (Å²) in [6.07, 6.45) is 1.43. The molecule has 1 heterocycles. The SMILES string of the molecule is Nc1cc(-c2c(Cl)c(Cl)c(Cl)c(Cl)c2Cl)cnc1-c1c(Cl)c(Cl)c(Cl)c(Cl)c1Cl. The van der Waals surface area contributed by atoms with E-state index in [1.165, 1.54) is 6.20 Å². The Labute approximate surface area is 215 Å². The zero-order valence-corrected chi connectivity index (χ0v) is 21.0. The fourth-order valence-electron chi connectivity index (χ4n) is 2.50. The molecule has 1 aromatic heterocycles. The second-order valence-electron chi connectivity index (χ2n) is 5.55. The standard InChI is InChI=1S/C17H4Cl10N2/c18-7-5(8(19)12(23)15(26)11(7)22)3-1-4(28)17(29-2-3)6-9(20)13(24)16(27)14(25)10(6)21/h1-2H,28H2. The van der Waals surface area contributed by atoms with Crippen LogP contribution >= 0.6 is 116 Å². The number of nitrogens with zero attached hydrogens (tertiary/aromatic N) is 1. The topological polar surface area (TPSA) is 38.9 Å². The number of hydrogen-bond acceptors (Lipinski definition) is 2. The first kappa shape index (κ1) is 23.9. The van der Waals surface area contributed by atoms with Crippen molar-refractivity contribution in [2.75, 3.05) is 5.73 Å². The lowest BCUT2D eigenvalue weighted by Gasteiger charge is -2.16. The molecule has 0 bridgehead atoms. The lowest BCUT2D eigenvalue weighted by Crippen LogP contribution is -1.98. The zero-order chi connectivity index (χ0) is 21.8. The van der Waals surface area contributed by atoms with Gasteiger partial charge in [0.1, 0.15) is 0 Å². The minimum atomic E-state index is 0.0189. The normalized spacial score (nSPS) is 11.2. The van der Waals surface area contributed by atoms with Gasteiger partial charge in [-0.3, -0.25) is 4.98 Å². The summed E-state index contributed by atoms with van der Waals surface area (Å²) >= 11 is 61.8. The van der Waals surface area contributed by atoms with Crippen LogP contribution in [-0.2, 0) is 0 Å². The molecule has 152 valence electrons. The van der Waals surface area contributed by atoms with Gasteiger partial charge in [-0.05, 0) is 6.07 Å². The van der Waals surface area contributed by atoms with E-state index in [9.17, 15) is 0 Å². The highest BCUT2D eigenvalue weighted by molar-refractivity contribution is 6.57. The van der Waals surface area contributed by atoms with Crippen molar-refractivity contribution in [1.29, 1.82) is 0 Å². The summed E-state index contributed by atoms with van der Waals surface area (Å²) in [6.45, 7) is 0. The first-order chi connectivity index (χ1) is 13.5. The van der Waals surface area contributed by atoms with Gasteiger partial charge in [-0.25, -0.2) is 0 Å². The molecule has 0 amide bonds. The Morgan fingerprint density at radius 1 is 0.517 bits per heavy atom. The lowest BCUT2D eigenvalue weighted by atomic mass is 10.0. The van der Waals surface area contributed by atoms with E-state index in [0.29, 0.717) is 11.1 Å². The number of hydrogen-bond donors (Lipinski definition) is 1. The van der Waals surface area contributed by atoms with Crippen LogP contribution in [0.15, 0.2) is 12.3 Å². The van der Waals surface area contributed by atoms with Crippen LogP contribution in [0, 0.1) is 0 Å². The molecule has 0 aliphatic heterocycles. The van der Waals surface area contributed by atoms with Crippen LogP contribution in [-0.4, -0.2) is 4.98 Å². The molecule has 0 spiro atoms. The van der Waals surface area contributed by atoms with Crippen LogP contribution in [0.1, 0.15) is 0 Å². The van der Waals surface area contributed by atoms with Gasteiger partial charge < -0.3 is 5.73 Å². The maximum absolute atomic E-state index is 6.31. The number of pyridine rings is 1. The van der Waals surface area contributed by atoms with Crippen molar-refractivity contribution in [3.63, 3.8) is 0 Å². The van der Waals surface area contributed by atoms with E-state index in [0.717, 1.165) is 0 Å². The zero-order valence-electron chi connectivity index (χ0n) is 13.5. The molecule has 2 N–H and O–H groups in total. The molecule has 0 aliphatic carbocycles. The summed E-state index contributed by atoms with van der Waals surface area (Å²) in [7, 11) is 0. The summed E-state index contributed by atoms with van der Waals surface area (Å²) in [5.74, 6) is 0. The van der Waals surface area contributed by atoms with Gasteiger partial charge in [0, 0.05) is 22.9 Å². The number of nitrogen functional groups attached to an aromatic ring is 1. The largest absolute Gasteiger partial charge is 0.397 e. The Bertz CT molecular complexity index is 1120.